The predicted octanol–water partition coefficient (Wildman–Crippen LogP) is 4.67. The van der Waals surface area contributed by atoms with E-state index in [1.54, 1.807) is 0 Å². The molecule has 2 aromatic rings. The van der Waals surface area contributed by atoms with Crippen LogP contribution in [0.1, 0.15) is 33.4 Å². The Bertz CT molecular complexity index is 942. The molecular formula is C20H31FN4O5Si. The van der Waals surface area contributed by atoms with Gasteiger partial charge in [0.25, 0.3) is 0 Å². The van der Waals surface area contributed by atoms with E-state index >= 15 is 0 Å². The number of hydrogen-bond donors (Lipinski definition) is 0. The van der Waals surface area contributed by atoms with Crippen molar-refractivity contribution in [3.05, 3.63) is 33.9 Å². The van der Waals surface area contributed by atoms with Gasteiger partial charge in [0.2, 0.25) is 5.88 Å². The summed E-state index contributed by atoms with van der Waals surface area (Å²) in [4.78, 5) is 14.9. The number of rotatable bonds is 9. The molecule has 2 aromatic heterocycles. The van der Waals surface area contributed by atoms with Crippen molar-refractivity contribution < 1.29 is 23.2 Å². The molecule has 2 rings (SSSR count). The van der Waals surface area contributed by atoms with Gasteiger partial charge in [-0.05, 0) is 25.1 Å². The lowest BCUT2D eigenvalue weighted by Crippen LogP contribution is -2.42. The first-order valence-electron chi connectivity index (χ1n) is 9.99. The van der Waals surface area contributed by atoms with Crippen LogP contribution in [0.15, 0.2) is 12.3 Å². The minimum Gasteiger partial charge on any atom is -0.479 e. The van der Waals surface area contributed by atoms with Crippen molar-refractivity contribution >= 4 is 14.0 Å². The standard InChI is InChI=1S/C20H31FN4O5Si/c1-13(12-30-31(7,8)20(3,4)5)11-29-19-17(25(26)27)14(2)24(23-19)16-9-15(21)10-22-18(16)28-6/h9-10,13H,11-12H2,1-8H3/t13-/m0/s1. The van der Waals surface area contributed by atoms with Crippen molar-refractivity contribution in [1.29, 1.82) is 0 Å². The highest BCUT2D eigenvalue weighted by Crippen LogP contribution is 2.37. The number of nitro groups is 1. The number of hydrogen-bond acceptors (Lipinski definition) is 7. The molecule has 0 saturated carbocycles. The smallest absolute Gasteiger partial charge is 0.353 e. The van der Waals surface area contributed by atoms with Crippen LogP contribution in [-0.4, -0.2) is 48.3 Å². The Kier molecular flexibility index (Phi) is 7.43. The molecule has 0 bridgehead atoms. The third kappa shape index (κ3) is 5.59. The predicted molar refractivity (Wildman–Crippen MR) is 117 cm³/mol. The van der Waals surface area contributed by atoms with Crippen molar-refractivity contribution in [2.24, 2.45) is 5.92 Å². The fraction of sp³-hybridized carbons (Fsp3) is 0.600. The molecule has 0 saturated heterocycles. The molecular weight excluding hydrogens is 423 g/mol. The van der Waals surface area contributed by atoms with Gasteiger partial charge >= 0.3 is 11.6 Å². The Hall–Kier alpha value is -2.53. The van der Waals surface area contributed by atoms with Crippen molar-refractivity contribution in [2.45, 2.75) is 52.8 Å². The number of pyridine rings is 1. The SMILES string of the molecule is COc1ncc(F)cc1-n1nc(OC[C@H](C)CO[Si](C)(C)C(C)(C)C)c([N+](=O)[O-])c1C. The quantitative estimate of drug-likeness (QED) is 0.308. The van der Waals surface area contributed by atoms with E-state index in [1.165, 1.54) is 18.7 Å². The molecule has 1 atom stereocenters. The third-order valence-electron chi connectivity index (χ3n) is 5.50. The number of methoxy groups -OCH3 is 1. The minimum absolute atomic E-state index is 0.00967. The molecule has 9 nitrogen and oxygen atoms in total. The summed E-state index contributed by atoms with van der Waals surface area (Å²) in [5, 5.41) is 15.9. The van der Waals surface area contributed by atoms with Crippen LogP contribution >= 0.6 is 0 Å². The molecule has 172 valence electrons. The molecule has 0 amide bonds. The first-order valence-corrected chi connectivity index (χ1v) is 12.9. The molecule has 0 aliphatic heterocycles. The Balaban J connectivity index is 2.24. The summed E-state index contributed by atoms with van der Waals surface area (Å²) in [6.45, 7) is 14.9. The van der Waals surface area contributed by atoms with Gasteiger partial charge in [-0.1, -0.05) is 27.7 Å². The Morgan fingerprint density at radius 2 is 1.94 bits per heavy atom. The molecule has 0 spiro atoms. The van der Waals surface area contributed by atoms with E-state index in [1.807, 2.05) is 6.92 Å². The van der Waals surface area contributed by atoms with Crippen LogP contribution in [-0.2, 0) is 4.43 Å². The molecule has 0 aromatic carbocycles. The number of halogens is 1. The molecule has 31 heavy (non-hydrogen) atoms. The Labute approximate surface area is 182 Å². The number of ether oxygens (including phenoxy) is 2. The van der Waals surface area contributed by atoms with Crippen molar-refractivity contribution in [3.63, 3.8) is 0 Å². The maximum atomic E-state index is 13.8. The second kappa shape index (κ2) is 9.31. The summed E-state index contributed by atoms with van der Waals surface area (Å²) in [7, 11) is -0.536. The first kappa shape index (κ1) is 24.7. The summed E-state index contributed by atoms with van der Waals surface area (Å²) in [6.07, 6.45) is 0.997. The van der Waals surface area contributed by atoms with Gasteiger partial charge in [0, 0.05) is 18.6 Å². The first-order chi connectivity index (χ1) is 14.3. The Morgan fingerprint density at radius 1 is 1.29 bits per heavy atom. The van der Waals surface area contributed by atoms with E-state index in [4.69, 9.17) is 13.9 Å². The summed E-state index contributed by atoms with van der Waals surface area (Å²) in [6, 6.07) is 1.15. The van der Waals surface area contributed by atoms with Crippen molar-refractivity contribution in [3.8, 4) is 17.4 Å². The highest BCUT2D eigenvalue weighted by molar-refractivity contribution is 6.74. The largest absolute Gasteiger partial charge is 0.479 e. The Morgan fingerprint density at radius 3 is 2.48 bits per heavy atom. The van der Waals surface area contributed by atoms with Gasteiger partial charge in [0.05, 0.1) is 24.8 Å². The summed E-state index contributed by atoms with van der Waals surface area (Å²) >= 11 is 0. The lowest BCUT2D eigenvalue weighted by molar-refractivity contribution is -0.386. The second-order valence-electron chi connectivity index (χ2n) is 9.08. The third-order valence-corrected chi connectivity index (χ3v) is 10.00. The van der Waals surface area contributed by atoms with E-state index in [-0.39, 0.29) is 46.4 Å². The maximum absolute atomic E-state index is 13.8. The highest BCUT2D eigenvalue weighted by Gasteiger charge is 2.37. The summed E-state index contributed by atoms with van der Waals surface area (Å²) in [5.41, 5.74) is 0.0342. The lowest BCUT2D eigenvalue weighted by Gasteiger charge is -2.36. The van der Waals surface area contributed by atoms with Gasteiger partial charge in [-0.25, -0.2) is 14.1 Å². The van der Waals surface area contributed by atoms with Gasteiger partial charge in [-0.3, -0.25) is 10.1 Å². The average molecular weight is 455 g/mol. The minimum atomic E-state index is -1.91. The average Bonchev–Trinajstić information content (AvgIpc) is 3.00. The van der Waals surface area contributed by atoms with Gasteiger partial charge in [-0.15, -0.1) is 5.10 Å². The normalized spacial score (nSPS) is 13.2. The number of aromatic nitrogens is 3. The van der Waals surface area contributed by atoms with Crippen molar-refractivity contribution in [1.82, 2.24) is 14.8 Å². The van der Waals surface area contributed by atoms with E-state index in [0.717, 1.165) is 12.3 Å². The molecule has 0 radical (unpaired) electrons. The fourth-order valence-electron chi connectivity index (χ4n) is 2.57. The molecule has 0 aliphatic rings. The van der Waals surface area contributed by atoms with Crippen molar-refractivity contribution in [2.75, 3.05) is 20.3 Å². The molecule has 0 aliphatic carbocycles. The van der Waals surface area contributed by atoms with Crippen LogP contribution in [0.2, 0.25) is 18.1 Å². The van der Waals surface area contributed by atoms with E-state index in [0.29, 0.717) is 6.61 Å². The zero-order valence-corrected chi connectivity index (χ0v) is 20.4. The molecule has 0 fully saturated rings. The van der Waals surface area contributed by atoms with Crippen LogP contribution in [0.5, 0.6) is 11.8 Å². The van der Waals surface area contributed by atoms with E-state index in [9.17, 15) is 14.5 Å². The van der Waals surface area contributed by atoms with Crippen LogP contribution in [0.25, 0.3) is 5.69 Å². The molecule has 0 unspecified atom stereocenters. The molecule has 11 heteroatoms. The second-order valence-corrected chi connectivity index (χ2v) is 13.9. The number of nitrogens with zero attached hydrogens (tertiary/aromatic N) is 4. The maximum Gasteiger partial charge on any atom is 0.353 e. The molecule has 2 heterocycles. The van der Waals surface area contributed by atoms with Gasteiger partial charge in [0.15, 0.2) is 8.32 Å². The van der Waals surface area contributed by atoms with Crippen LogP contribution in [0.3, 0.4) is 0 Å². The van der Waals surface area contributed by atoms with Gasteiger partial charge in [0.1, 0.15) is 17.2 Å². The summed E-state index contributed by atoms with van der Waals surface area (Å²) in [5.74, 6) is -0.686. The van der Waals surface area contributed by atoms with E-state index < -0.39 is 19.1 Å². The zero-order chi connectivity index (χ0) is 23.6. The van der Waals surface area contributed by atoms with Crippen LogP contribution < -0.4 is 9.47 Å². The lowest BCUT2D eigenvalue weighted by atomic mass is 10.2. The topological polar surface area (TPSA) is 102 Å². The van der Waals surface area contributed by atoms with Gasteiger partial charge in [-0.2, -0.15) is 0 Å². The monoisotopic (exact) mass is 454 g/mol. The van der Waals surface area contributed by atoms with Gasteiger partial charge < -0.3 is 13.9 Å². The highest BCUT2D eigenvalue weighted by atomic mass is 28.4. The van der Waals surface area contributed by atoms with Crippen LogP contribution in [0.4, 0.5) is 10.1 Å². The summed E-state index contributed by atoms with van der Waals surface area (Å²) < 4.78 is 32.0. The molecule has 0 N–H and O–H groups in total. The van der Waals surface area contributed by atoms with Crippen LogP contribution in [0, 0.1) is 28.8 Å². The zero-order valence-electron chi connectivity index (χ0n) is 19.4. The fourth-order valence-corrected chi connectivity index (χ4v) is 3.71. The van der Waals surface area contributed by atoms with E-state index in [2.05, 4.69) is 43.9 Å².